The fraction of sp³-hybridized carbons (Fsp3) is 0.429. The average Bonchev–Trinajstić information content (AvgIpc) is 2.80. The topological polar surface area (TPSA) is 104 Å². The summed E-state index contributed by atoms with van der Waals surface area (Å²) >= 11 is 3.11. The molecule has 3 N–H and O–H groups in total. The SMILES string of the molecule is C[C@H](NC(=O)N[C@H]1CCS(=O)(=O)C1)C(=O)Nc1ccc(Br)cc1F. The van der Waals surface area contributed by atoms with Crippen LogP contribution in [0, 0.1) is 5.82 Å². The van der Waals surface area contributed by atoms with Crippen LogP contribution in [-0.2, 0) is 14.6 Å². The number of carbonyl (C=O) groups excluding carboxylic acids is 2. The van der Waals surface area contributed by atoms with Gasteiger partial charge in [0.15, 0.2) is 9.84 Å². The molecular weight excluding hydrogens is 405 g/mol. The van der Waals surface area contributed by atoms with Gasteiger partial charge in [0.05, 0.1) is 17.2 Å². The van der Waals surface area contributed by atoms with Crippen molar-refractivity contribution >= 4 is 43.4 Å². The van der Waals surface area contributed by atoms with E-state index in [1.807, 2.05) is 0 Å². The van der Waals surface area contributed by atoms with Gasteiger partial charge in [-0.3, -0.25) is 4.79 Å². The van der Waals surface area contributed by atoms with Crippen molar-refractivity contribution in [1.82, 2.24) is 10.6 Å². The third-order valence-electron chi connectivity index (χ3n) is 3.50. The van der Waals surface area contributed by atoms with Crippen molar-refractivity contribution in [3.05, 3.63) is 28.5 Å². The van der Waals surface area contributed by atoms with Crippen molar-refractivity contribution in [2.45, 2.75) is 25.4 Å². The van der Waals surface area contributed by atoms with Crippen molar-refractivity contribution in [3.8, 4) is 0 Å². The van der Waals surface area contributed by atoms with E-state index in [4.69, 9.17) is 0 Å². The Bertz CT molecular complexity index is 756. The predicted octanol–water partition coefficient (Wildman–Crippen LogP) is 1.40. The molecule has 1 aromatic carbocycles. The second-order valence-electron chi connectivity index (χ2n) is 5.55. The lowest BCUT2D eigenvalue weighted by molar-refractivity contribution is -0.117. The maximum atomic E-state index is 13.7. The van der Waals surface area contributed by atoms with Crippen LogP contribution < -0.4 is 16.0 Å². The Labute approximate surface area is 147 Å². The van der Waals surface area contributed by atoms with E-state index in [1.165, 1.54) is 19.1 Å². The summed E-state index contributed by atoms with van der Waals surface area (Å²) in [5, 5.41) is 7.29. The first-order chi connectivity index (χ1) is 11.2. The van der Waals surface area contributed by atoms with E-state index in [0.29, 0.717) is 10.9 Å². The van der Waals surface area contributed by atoms with Crippen LogP contribution in [0.3, 0.4) is 0 Å². The minimum atomic E-state index is -3.10. The molecule has 1 aromatic rings. The maximum Gasteiger partial charge on any atom is 0.315 e. The van der Waals surface area contributed by atoms with Gasteiger partial charge in [-0.1, -0.05) is 15.9 Å². The van der Waals surface area contributed by atoms with Crippen LogP contribution >= 0.6 is 15.9 Å². The Morgan fingerprint density at radius 3 is 2.67 bits per heavy atom. The van der Waals surface area contributed by atoms with Gasteiger partial charge >= 0.3 is 6.03 Å². The van der Waals surface area contributed by atoms with E-state index in [-0.39, 0.29) is 17.2 Å². The first-order valence-corrected chi connectivity index (χ1v) is 9.81. The van der Waals surface area contributed by atoms with Gasteiger partial charge in [0.2, 0.25) is 5.91 Å². The summed E-state index contributed by atoms with van der Waals surface area (Å²) in [5.41, 5.74) is -0.000792. The second kappa shape index (κ2) is 7.47. The number of hydrogen-bond donors (Lipinski definition) is 3. The summed E-state index contributed by atoms with van der Waals surface area (Å²) < 4.78 is 36.9. The number of urea groups is 1. The molecule has 0 aromatic heterocycles. The zero-order chi connectivity index (χ0) is 17.9. The van der Waals surface area contributed by atoms with Crippen molar-refractivity contribution < 1.29 is 22.4 Å². The summed E-state index contributed by atoms with van der Waals surface area (Å²) in [6.45, 7) is 1.44. The predicted molar refractivity (Wildman–Crippen MR) is 90.9 cm³/mol. The van der Waals surface area contributed by atoms with Crippen molar-refractivity contribution in [3.63, 3.8) is 0 Å². The third kappa shape index (κ3) is 5.17. The molecule has 2 rings (SSSR count). The number of halogens is 2. The van der Waals surface area contributed by atoms with Crippen LogP contribution in [-0.4, -0.2) is 43.9 Å². The number of sulfone groups is 1. The highest BCUT2D eigenvalue weighted by Gasteiger charge is 2.29. The number of anilines is 1. The maximum absolute atomic E-state index is 13.7. The Kier molecular flexibility index (Phi) is 5.81. The van der Waals surface area contributed by atoms with Crippen LogP contribution in [0.4, 0.5) is 14.9 Å². The quantitative estimate of drug-likeness (QED) is 0.683. The molecule has 0 radical (unpaired) electrons. The summed E-state index contributed by atoms with van der Waals surface area (Å²) in [7, 11) is -3.10. The molecule has 0 saturated carbocycles. The largest absolute Gasteiger partial charge is 0.334 e. The molecule has 24 heavy (non-hydrogen) atoms. The van der Waals surface area contributed by atoms with Crippen molar-refractivity contribution in [2.75, 3.05) is 16.8 Å². The van der Waals surface area contributed by atoms with Crippen LogP contribution in [0.5, 0.6) is 0 Å². The zero-order valence-corrected chi connectivity index (χ0v) is 15.2. The molecule has 132 valence electrons. The van der Waals surface area contributed by atoms with E-state index in [0.717, 1.165) is 0 Å². The van der Waals surface area contributed by atoms with Crippen molar-refractivity contribution in [1.29, 1.82) is 0 Å². The van der Waals surface area contributed by atoms with Gasteiger partial charge in [-0.25, -0.2) is 17.6 Å². The highest BCUT2D eigenvalue weighted by molar-refractivity contribution is 9.10. The molecule has 0 aliphatic carbocycles. The number of amides is 3. The van der Waals surface area contributed by atoms with Crippen LogP contribution in [0.1, 0.15) is 13.3 Å². The van der Waals surface area contributed by atoms with E-state index in [1.54, 1.807) is 6.07 Å². The van der Waals surface area contributed by atoms with Crippen LogP contribution in [0.25, 0.3) is 0 Å². The fourth-order valence-electron chi connectivity index (χ4n) is 2.23. The highest BCUT2D eigenvalue weighted by Crippen LogP contribution is 2.19. The van der Waals surface area contributed by atoms with Crippen LogP contribution in [0.2, 0.25) is 0 Å². The van der Waals surface area contributed by atoms with Gasteiger partial charge in [0, 0.05) is 10.5 Å². The summed E-state index contributed by atoms with van der Waals surface area (Å²) in [6, 6.07) is 2.15. The molecule has 0 spiro atoms. The average molecular weight is 422 g/mol. The molecule has 7 nitrogen and oxygen atoms in total. The molecule has 1 aliphatic rings. The van der Waals surface area contributed by atoms with Gasteiger partial charge in [0.1, 0.15) is 11.9 Å². The first-order valence-electron chi connectivity index (χ1n) is 7.19. The van der Waals surface area contributed by atoms with Gasteiger partial charge in [-0.2, -0.15) is 0 Å². The normalized spacial score (nSPS) is 20.2. The zero-order valence-electron chi connectivity index (χ0n) is 12.8. The summed E-state index contributed by atoms with van der Waals surface area (Å²) in [6.07, 6.45) is 0.348. The van der Waals surface area contributed by atoms with Gasteiger partial charge in [0.25, 0.3) is 0 Å². The van der Waals surface area contributed by atoms with E-state index in [2.05, 4.69) is 31.9 Å². The number of carbonyl (C=O) groups is 2. The minimum Gasteiger partial charge on any atom is -0.334 e. The highest BCUT2D eigenvalue weighted by atomic mass is 79.9. The number of hydrogen-bond acceptors (Lipinski definition) is 4. The van der Waals surface area contributed by atoms with Gasteiger partial charge in [-0.15, -0.1) is 0 Å². The fourth-order valence-corrected chi connectivity index (χ4v) is 4.24. The molecule has 1 fully saturated rings. The van der Waals surface area contributed by atoms with Crippen LogP contribution in [0.15, 0.2) is 22.7 Å². The van der Waals surface area contributed by atoms with Gasteiger partial charge in [-0.05, 0) is 31.5 Å². The standard InChI is InChI=1S/C14H17BrFN3O4S/c1-8(13(20)19-12-3-2-9(15)6-11(12)16)17-14(21)18-10-4-5-24(22,23)7-10/h2-3,6,8,10H,4-5,7H2,1H3,(H,19,20)(H2,17,18,21)/t8-,10-/m0/s1. The van der Waals surface area contributed by atoms with Crippen molar-refractivity contribution in [2.24, 2.45) is 0 Å². The molecule has 1 aliphatic heterocycles. The molecule has 2 atom stereocenters. The summed E-state index contributed by atoms with van der Waals surface area (Å²) in [4.78, 5) is 23.8. The number of benzene rings is 1. The van der Waals surface area contributed by atoms with E-state index >= 15 is 0 Å². The number of rotatable bonds is 4. The Hall–Kier alpha value is -1.68. The minimum absolute atomic E-state index is 0.000792. The smallest absolute Gasteiger partial charge is 0.315 e. The monoisotopic (exact) mass is 421 g/mol. The molecular formula is C14H17BrFN3O4S. The Morgan fingerprint density at radius 1 is 1.38 bits per heavy atom. The lowest BCUT2D eigenvalue weighted by Gasteiger charge is -2.17. The Morgan fingerprint density at radius 2 is 2.08 bits per heavy atom. The Balaban J connectivity index is 1.86. The molecule has 1 heterocycles. The molecule has 3 amide bonds. The molecule has 0 unspecified atom stereocenters. The van der Waals surface area contributed by atoms with E-state index < -0.39 is 39.7 Å². The second-order valence-corrected chi connectivity index (χ2v) is 8.70. The van der Waals surface area contributed by atoms with E-state index in [9.17, 15) is 22.4 Å². The lowest BCUT2D eigenvalue weighted by Crippen LogP contribution is -2.49. The number of nitrogens with one attached hydrogen (secondary N) is 3. The molecule has 0 bridgehead atoms. The third-order valence-corrected chi connectivity index (χ3v) is 5.76. The lowest BCUT2D eigenvalue weighted by atomic mass is 10.2. The molecule has 10 heteroatoms. The summed E-state index contributed by atoms with van der Waals surface area (Å²) in [5.74, 6) is -1.27. The molecule has 1 saturated heterocycles. The first kappa shape index (κ1) is 18.7. The van der Waals surface area contributed by atoms with Gasteiger partial charge < -0.3 is 16.0 Å².